The molecule has 136 valence electrons. The van der Waals surface area contributed by atoms with Gasteiger partial charge in [-0.15, -0.1) is 0 Å². The van der Waals surface area contributed by atoms with Crippen LogP contribution in [-0.4, -0.2) is 5.78 Å². The monoisotopic (exact) mass is 322 g/mol. The zero-order chi connectivity index (χ0) is 17.5. The van der Waals surface area contributed by atoms with Gasteiger partial charge in [0, 0.05) is 12.8 Å². The van der Waals surface area contributed by atoms with Gasteiger partial charge in [-0.1, -0.05) is 90.7 Å². The molecule has 0 rings (SSSR count). The first-order valence-corrected chi connectivity index (χ1v) is 10.2. The topological polar surface area (TPSA) is 17.1 Å². The molecule has 23 heavy (non-hydrogen) atoms. The molecule has 0 aromatic heterocycles. The van der Waals surface area contributed by atoms with E-state index in [0.717, 1.165) is 31.1 Å². The summed E-state index contributed by atoms with van der Waals surface area (Å²) in [4.78, 5) is 12.2. The molecule has 0 N–H and O–H groups in total. The third kappa shape index (κ3) is 12.5. The van der Waals surface area contributed by atoms with Crippen LogP contribution < -0.4 is 0 Å². The molecule has 0 aliphatic heterocycles. The van der Waals surface area contributed by atoms with E-state index in [1.807, 2.05) is 0 Å². The first kappa shape index (κ1) is 22.4. The molecule has 0 heterocycles. The molecular formula is C22H42O. The molecule has 0 saturated heterocycles. The van der Waals surface area contributed by atoms with Crippen LogP contribution in [0.2, 0.25) is 0 Å². The summed E-state index contributed by atoms with van der Waals surface area (Å²) in [7, 11) is 0. The average Bonchev–Trinajstić information content (AvgIpc) is 2.55. The molecule has 0 aliphatic rings. The van der Waals surface area contributed by atoms with E-state index in [1.54, 1.807) is 0 Å². The number of carbonyl (C=O) groups excluding carboxylic acids is 1. The lowest BCUT2D eigenvalue weighted by atomic mass is 9.91. The number of hydrogen-bond acceptors (Lipinski definition) is 1. The molecule has 0 aromatic carbocycles. The average molecular weight is 323 g/mol. The van der Waals surface area contributed by atoms with Gasteiger partial charge in [0.15, 0.2) is 0 Å². The van der Waals surface area contributed by atoms with Crippen LogP contribution in [0.4, 0.5) is 0 Å². The van der Waals surface area contributed by atoms with Gasteiger partial charge in [-0.2, -0.15) is 0 Å². The maximum atomic E-state index is 12.2. The molecule has 1 heteroatoms. The normalized spacial score (nSPS) is 14.7. The highest BCUT2D eigenvalue weighted by molar-refractivity contribution is 5.80. The summed E-state index contributed by atoms with van der Waals surface area (Å²) < 4.78 is 0. The fourth-order valence-corrected chi connectivity index (χ4v) is 3.23. The standard InChI is InChI=1S/C22H42O/c1-6-10-12-20(8-3)15-14-19(5)18-22(23)17-16-21(9-4)13-11-7-2/h14,20-21H,6-13,15-18H2,1-5H3/b19-14+. The SMILES string of the molecule is CCCCC(CC)C/C=C(\C)CC(=O)CCC(CC)CCCC. The summed E-state index contributed by atoms with van der Waals surface area (Å²) in [6.45, 7) is 11.2. The molecule has 1 nitrogen and oxygen atoms in total. The van der Waals surface area contributed by atoms with E-state index >= 15 is 0 Å². The van der Waals surface area contributed by atoms with Crippen LogP contribution in [-0.2, 0) is 4.79 Å². The Morgan fingerprint density at radius 1 is 0.870 bits per heavy atom. The van der Waals surface area contributed by atoms with Gasteiger partial charge in [0.25, 0.3) is 0 Å². The van der Waals surface area contributed by atoms with Crippen molar-refractivity contribution in [1.29, 1.82) is 0 Å². The third-order valence-corrected chi connectivity index (χ3v) is 5.19. The van der Waals surface area contributed by atoms with Crippen LogP contribution in [0.3, 0.4) is 0 Å². The minimum absolute atomic E-state index is 0.440. The number of Topliss-reactive ketones (excluding diaryl/α,β-unsaturated/α-hetero) is 1. The maximum Gasteiger partial charge on any atom is 0.136 e. The van der Waals surface area contributed by atoms with Crippen molar-refractivity contribution in [3.63, 3.8) is 0 Å². The summed E-state index contributed by atoms with van der Waals surface area (Å²) in [5.74, 6) is 2.00. The lowest BCUT2D eigenvalue weighted by Gasteiger charge is -2.14. The van der Waals surface area contributed by atoms with Crippen LogP contribution in [0.1, 0.15) is 112 Å². The Balaban J connectivity index is 4.09. The van der Waals surface area contributed by atoms with Gasteiger partial charge in [0.1, 0.15) is 5.78 Å². The summed E-state index contributed by atoms with van der Waals surface area (Å²) in [5.41, 5.74) is 1.28. The number of unbranched alkanes of at least 4 members (excludes halogenated alkanes) is 2. The number of ketones is 1. The zero-order valence-corrected chi connectivity index (χ0v) is 16.6. The van der Waals surface area contributed by atoms with Gasteiger partial charge >= 0.3 is 0 Å². The van der Waals surface area contributed by atoms with Crippen molar-refractivity contribution in [2.45, 2.75) is 112 Å². The van der Waals surface area contributed by atoms with Crippen LogP contribution in [0.5, 0.6) is 0 Å². The van der Waals surface area contributed by atoms with E-state index in [2.05, 4.69) is 40.7 Å². The molecular weight excluding hydrogens is 280 g/mol. The number of rotatable bonds is 15. The van der Waals surface area contributed by atoms with Gasteiger partial charge in [-0.25, -0.2) is 0 Å². The summed E-state index contributed by atoms with van der Waals surface area (Å²) in [6.07, 6.45) is 16.3. The number of hydrogen-bond donors (Lipinski definition) is 0. The Hall–Kier alpha value is -0.590. The van der Waals surface area contributed by atoms with Crippen molar-refractivity contribution in [2.75, 3.05) is 0 Å². The van der Waals surface area contributed by atoms with Crippen LogP contribution in [0, 0.1) is 11.8 Å². The van der Waals surface area contributed by atoms with E-state index in [9.17, 15) is 4.79 Å². The summed E-state index contributed by atoms with van der Waals surface area (Å²) in [6, 6.07) is 0. The van der Waals surface area contributed by atoms with Crippen molar-refractivity contribution in [3.8, 4) is 0 Å². The molecule has 0 bridgehead atoms. The highest BCUT2D eigenvalue weighted by Gasteiger charge is 2.10. The second-order valence-electron chi connectivity index (χ2n) is 7.37. The minimum Gasteiger partial charge on any atom is -0.299 e. The van der Waals surface area contributed by atoms with Gasteiger partial charge in [-0.3, -0.25) is 4.79 Å². The number of allylic oxidation sites excluding steroid dienone is 2. The predicted octanol–water partition coefficient (Wildman–Crippen LogP) is 7.50. The Morgan fingerprint density at radius 3 is 1.96 bits per heavy atom. The van der Waals surface area contributed by atoms with Crippen LogP contribution >= 0.6 is 0 Å². The van der Waals surface area contributed by atoms with E-state index < -0.39 is 0 Å². The van der Waals surface area contributed by atoms with Gasteiger partial charge in [0.05, 0.1) is 0 Å². The molecule has 0 aromatic rings. The Bertz CT molecular complexity index is 316. The zero-order valence-electron chi connectivity index (χ0n) is 16.6. The van der Waals surface area contributed by atoms with E-state index in [-0.39, 0.29) is 0 Å². The molecule has 2 atom stereocenters. The molecule has 0 spiro atoms. The van der Waals surface area contributed by atoms with E-state index in [1.165, 1.54) is 56.9 Å². The summed E-state index contributed by atoms with van der Waals surface area (Å²) >= 11 is 0. The lowest BCUT2D eigenvalue weighted by Crippen LogP contribution is -2.05. The van der Waals surface area contributed by atoms with Gasteiger partial charge in [0.2, 0.25) is 0 Å². The van der Waals surface area contributed by atoms with Crippen molar-refractivity contribution >= 4 is 5.78 Å². The largest absolute Gasteiger partial charge is 0.299 e. The Kier molecular flexibility index (Phi) is 14.6. The molecule has 0 radical (unpaired) electrons. The summed E-state index contributed by atoms with van der Waals surface area (Å²) in [5, 5.41) is 0. The smallest absolute Gasteiger partial charge is 0.136 e. The predicted molar refractivity (Wildman–Crippen MR) is 104 cm³/mol. The minimum atomic E-state index is 0.440. The van der Waals surface area contributed by atoms with Gasteiger partial charge in [-0.05, 0) is 31.6 Å². The van der Waals surface area contributed by atoms with Crippen molar-refractivity contribution in [2.24, 2.45) is 11.8 Å². The maximum absolute atomic E-state index is 12.2. The molecule has 0 amide bonds. The Labute approximate surface area is 146 Å². The molecule has 0 saturated carbocycles. The Morgan fingerprint density at radius 2 is 1.43 bits per heavy atom. The highest BCUT2D eigenvalue weighted by atomic mass is 16.1. The first-order valence-electron chi connectivity index (χ1n) is 10.2. The second kappa shape index (κ2) is 15.0. The first-order chi connectivity index (χ1) is 11.1. The molecule has 0 aliphatic carbocycles. The second-order valence-corrected chi connectivity index (χ2v) is 7.37. The third-order valence-electron chi connectivity index (χ3n) is 5.19. The van der Waals surface area contributed by atoms with Crippen molar-refractivity contribution < 1.29 is 4.79 Å². The lowest BCUT2D eigenvalue weighted by molar-refractivity contribution is -0.118. The van der Waals surface area contributed by atoms with Crippen molar-refractivity contribution in [3.05, 3.63) is 11.6 Å². The fourth-order valence-electron chi connectivity index (χ4n) is 3.23. The molecule has 0 fully saturated rings. The van der Waals surface area contributed by atoms with Crippen LogP contribution in [0.25, 0.3) is 0 Å². The van der Waals surface area contributed by atoms with E-state index in [0.29, 0.717) is 12.2 Å². The van der Waals surface area contributed by atoms with Crippen LogP contribution in [0.15, 0.2) is 11.6 Å². The van der Waals surface area contributed by atoms with Gasteiger partial charge < -0.3 is 0 Å². The van der Waals surface area contributed by atoms with Crippen molar-refractivity contribution in [1.82, 2.24) is 0 Å². The number of carbonyl (C=O) groups is 1. The quantitative estimate of drug-likeness (QED) is 0.285. The highest BCUT2D eigenvalue weighted by Crippen LogP contribution is 2.21. The molecule has 2 unspecified atom stereocenters. The fraction of sp³-hybridized carbons (Fsp3) is 0.864. The van der Waals surface area contributed by atoms with E-state index in [4.69, 9.17) is 0 Å².